The molecule has 2 amide bonds. The standard InChI is InChI=1S/C28H23N5O6/c1-17(34)30-25-14-19(11-12-29-25)27-22(13-18-5-3-2-4-6-18)26-23(31-27)15-32(16-24(26)35)28(36)39-21-9-7-20(8-10-21)33(37)38/h2-12,14,31H,13,15-16H2,1H3,(H,29,30,34). The molecule has 2 aromatic carbocycles. The number of nitro groups is 1. The van der Waals surface area contributed by atoms with Gasteiger partial charge >= 0.3 is 6.09 Å². The van der Waals surface area contributed by atoms with Crippen LogP contribution in [-0.4, -0.2) is 44.1 Å². The van der Waals surface area contributed by atoms with Gasteiger partial charge in [0.25, 0.3) is 5.69 Å². The van der Waals surface area contributed by atoms with Gasteiger partial charge in [-0.3, -0.25) is 24.6 Å². The SMILES string of the molecule is CC(=O)Nc1cc(-c2[nH]c3c(c2Cc2ccccc2)C(=O)CN(C(=O)Oc2ccc([N+](=O)[O-])cc2)C3)ccn1. The van der Waals surface area contributed by atoms with Crippen molar-refractivity contribution < 1.29 is 24.0 Å². The van der Waals surface area contributed by atoms with E-state index in [2.05, 4.69) is 15.3 Å². The number of non-ortho nitro benzene ring substituents is 1. The summed E-state index contributed by atoms with van der Waals surface area (Å²) in [6, 6.07) is 18.3. The fraction of sp³-hybridized carbons (Fsp3) is 0.143. The first-order chi connectivity index (χ1) is 18.8. The Bertz CT molecular complexity index is 1580. The number of nitrogens with one attached hydrogen (secondary N) is 2. The number of H-pyrrole nitrogens is 1. The predicted molar refractivity (Wildman–Crippen MR) is 141 cm³/mol. The molecule has 0 saturated carbocycles. The molecule has 0 saturated heterocycles. The second-order valence-corrected chi connectivity index (χ2v) is 9.00. The lowest BCUT2D eigenvalue weighted by atomic mass is 9.94. The van der Waals surface area contributed by atoms with Gasteiger partial charge < -0.3 is 15.0 Å². The third kappa shape index (κ3) is 5.52. The van der Waals surface area contributed by atoms with Crippen LogP contribution in [0, 0.1) is 10.1 Å². The molecule has 3 heterocycles. The molecule has 1 aliphatic heterocycles. The number of carbonyl (C=O) groups is 3. The number of nitro benzene ring substituents is 1. The first-order valence-corrected chi connectivity index (χ1v) is 12.0. The highest BCUT2D eigenvalue weighted by molar-refractivity contribution is 6.04. The van der Waals surface area contributed by atoms with E-state index in [0.717, 1.165) is 16.7 Å². The van der Waals surface area contributed by atoms with Crippen molar-refractivity contribution in [3.05, 3.63) is 105 Å². The van der Waals surface area contributed by atoms with E-state index in [9.17, 15) is 24.5 Å². The summed E-state index contributed by atoms with van der Waals surface area (Å²) in [6.07, 6.45) is 1.29. The number of nitrogens with zero attached hydrogens (tertiary/aromatic N) is 3. The topological polar surface area (TPSA) is 148 Å². The van der Waals surface area contributed by atoms with E-state index < -0.39 is 11.0 Å². The number of benzene rings is 2. The van der Waals surface area contributed by atoms with Crippen LogP contribution in [0.5, 0.6) is 5.75 Å². The average Bonchev–Trinajstić information content (AvgIpc) is 3.28. The fourth-order valence-electron chi connectivity index (χ4n) is 4.54. The van der Waals surface area contributed by atoms with Gasteiger partial charge in [0, 0.05) is 48.5 Å². The lowest BCUT2D eigenvalue weighted by Crippen LogP contribution is -2.41. The molecule has 11 heteroatoms. The smallest absolute Gasteiger partial charge is 0.410 e. The van der Waals surface area contributed by atoms with Gasteiger partial charge in [-0.05, 0) is 35.4 Å². The third-order valence-corrected chi connectivity index (χ3v) is 6.23. The molecule has 0 spiro atoms. The Hall–Kier alpha value is -5.32. The molecule has 196 valence electrons. The largest absolute Gasteiger partial charge is 0.416 e. The number of anilines is 1. The van der Waals surface area contributed by atoms with Gasteiger partial charge in [-0.1, -0.05) is 30.3 Å². The highest BCUT2D eigenvalue weighted by Gasteiger charge is 2.33. The maximum atomic E-state index is 13.4. The number of amides is 2. The Balaban J connectivity index is 1.47. The van der Waals surface area contributed by atoms with Crippen molar-refractivity contribution >= 4 is 29.3 Å². The van der Waals surface area contributed by atoms with E-state index in [-0.39, 0.29) is 36.2 Å². The summed E-state index contributed by atoms with van der Waals surface area (Å²) in [5.74, 6) is -0.00491. The number of hydrogen-bond acceptors (Lipinski definition) is 7. The van der Waals surface area contributed by atoms with Crippen molar-refractivity contribution in [1.82, 2.24) is 14.9 Å². The van der Waals surface area contributed by atoms with Crippen LogP contribution < -0.4 is 10.1 Å². The Labute approximate surface area is 222 Å². The summed E-state index contributed by atoms with van der Waals surface area (Å²) in [4.78, 5) is 57.0. The van der Waals surface area contributed by atoms with Gasteiger partial charge in [0.15, 0.2) is 5.78 Å². The van der Waals surface area contributed by atoms with E-state index in [4.69, 9.17) is 4.74 Å². The van der Waals surface area contributed by atoms with Crippen molar-refractivity contribution in [1.29, 1.82) is 0 Å². The second-order valence-electron chi connectivity index (χ2n) is 9.00. The van der Waals surface area contributed by atoms with Crippen molar-refractivity contribution in [2.24, 2.45) is 0 Å². The van der Waals surface area contributed by atoms with Crippen LogP contribution in [0.2, 0.25) is 0 Å². The van der Waals surface area contributed by atoms with Crippen LogP contribution >= 0.6 is 0 Å². The van der Waals surface area contributed by atoms with E-state index in [1.54, 1.807) is 18.3 Å². The maximum Gasteiger partial charge on any atom is 0.416 e. The number of ketones is 1. The van der Waals surface area contributed by atoms with Gasteiger partial charge in [0.1, 0.15) is 11.6 Å². The van der Waals surface area contributed by atoms with E-state index in [1.165, 1.54) is 36.1 Å². The van der Waals surface area contributed by atoms with Crippen LogP contribution in [0.3, 0.4) is 0 Å². The first-order valence-electron chi connectivity index (χ1n) is 12.0. The Morgan fingerprint density at radius 3 is 2.54 bits per heavy atom. The highest BCUT2D eigenvalue weighted by atomic mass is 16.6. The molecule has 0 aliphatic carbocycles. The van der Waals surface area contributed by atoms with Crippen LogP contribution in [-0.2, 0) is 17.8 Å². The number of Topliss-reactive ketones (excluding diaryl/α,β-unsaturated/α-hetero) is 1. The lowest BCUT2D eigenvalue weighted by Gasteiger charge is -2.25. The van der Waals surface area contributed by atoms with E-state index in [0.29, 0.717) is 29.2 Å². The number of carbonyl (C=O) groups excluding carboxylic acids is 3. The van der Waals surface area contributed by atoms with Crippen molar-refractivity contribution in [2.45, 2.75) is 19.9 Å². The summed E-state index contributed by atoms with van der Waals surface area (Å²) >= 11 is 0. The molecule has 1 aliphatic rings. The lowest BCUT2D eigenvalue weighted by molar-refractivity contribution is -0.384. The van der Waals surface area contributed by atoms with E-state index >= 15 is 0 Å². The monoisotopic (exact) mass is 525 g/mol. The molecule has 0 bridgehead atoms. The zero-order chi connectivity index (χ0) is 27.5. The normalized spacial score (nSPS) is 12.5. The van der Waals surface area contributed by atoms with Gasteiger partial charge in [-0.25, -0.2) is 9.78 Å². The fourth-order valence-corrected chi connectivity index (χ4v) is 4.54. The quantitative estimate of drug-likeness (QED) is 0.273. The molecule has 2 N–H and O–H groups in total. The van der Waals surface area contributed by atoms with Crippen LogP contribution in [0.25, 0.3) is 11.3 Å². The minimum Gasteiger partial charge on any atom is -0.410 e. The highest BCUT2D eigenvalue weighted by Crippen LogP contribution is 2.34. The number of aromatic nitrogens is 2. The van der Waals surface area contributed by atoms with Crippen LogP contribution in [0.15, 0.2) is 72.9 Å². The number of aromatic amines is 1. The van der Waals surface area contributed by atoms with Gasteiger partial charge in [-0.2, -0.15) is 0 Å². The van der Waals surface area contributed by atoms with Crippen molar-refractivity contribution in [3.8, 4) is 17.0 Å². The third-order valence-electron chi connectivity index (χ3n) is 6.23. The van der Waals surface area contributed by atoms with Gasteiger partial charge in [0.2, 0.25) is 5.91 Å². The van der Waals surface area contributed by atoms with E-state index in [1.807, 2.05) is 30.3 Å². The number of rotatable bonds is 6. The molecule has 5 rings (SSSR count). The molecule has 4 aromatic rings. The molecule has 0 fully saturated rings. The van der Waals surface area contributed by atoms with Gasteiger partial charge in [-0.15, -0.1) is 0 Å². The molecule has 11 nitrogen and oxygen atoms in total. The zero-order valence-corrected chi connectivity index (χ0v) is 20.8. The molecule has 0 atom stereocenters. The Kier molecular flexibility index (Phi) is 6.87. The number of pyridine rings is 1. The molecule has 0 unspecified atom stereocenters. The second kappa shape index (κ2) is 10.6. The first kappa shape index (κ1) is 25.3. The van der Waals surface area contributed by atoms with Crippen molar-refractivity contribution in [2.75, 3.05) is 11.9 Å². The minimum atomic E-state index is -0.750. The summed E-state index contributed by atoms with van der Waals surface area (Å²) in [5.41, 5.74) is 4.15. The number of ether oxygens (including phenoxy) is 1. The molecular formula is C28H23N5O6. The molecule has 0 radical (unpaired) electrons. The number of fused-ring (bicyclic) bond motifs is 1. The molecule has 39 heavy (non-hydrogen) atoms. The van der Waals surface area contributed by atoms with Crippen LogP contribution in [0.4, 0.5) is 16.3 Å². The summed E-state index contributed by atoms with van der Waals surface area (Å²) < 4.78 is 5.37. The maximum absolute atomic E-state index is 13.4. The summed E-state index contributed by atoms with van der Waals surface area (Å²) in [6.45, 7) is 1.30. The minimum absolute atomic E-state index is 0.0955. The van der Waals surface area contributed by atoms with Gasteiger partial charge in [0.05, 0.1) is 23.7 Å². The average molecular weight is 526 g/mol. The zero-order valence-electron chi connectivity index (χ0n) is 20.8. The Morgan fingerprint density at radius 1 is 1.10 bits per heavy atom. The predicted octanol–water partition coefficient (Wildman–Crippen LogP) is 4.73. The summed E-state index contributed by atoms with van der Waals surface area (Å²) in [5, 5.41) is 13.5. The van der Waals surface area contributed by atoms with Crippen molar-refractivity contribution in [3.63, 3.8) is 0 Å². The summed E-state index contributed by atoms with van der Waals surface area (Å²) in [7, 11) is 0. The van der Waals surface area contributed by atoms with Crippen LogP contribution in [0.1, 0.15) is 34.1 Å². The molecular weight excluding hydrogens is 502 g/mol. The number of hydrogen-bond donors (Lipinski definition) is 2. The molecule has 2 aromatic heterocycles. The Morgan fingerprint density at radius 2 is 1.85 bits per heavy atom.